The van der Waals surface area contributed by atoms with Crippen LogP contribution >= 0.6 is 0 Å². The predicted molar refractivity (Wildman–Crippen MR) is 78.2 cm³/mol. The van der Waals surface area contributed by atoms with Crippen LogP contribution in [0.15, 0.2) is 60.7 Å². The smallest absolute Gasteiger partial charge is 0.150 e. The van der Waals surface area contributed by atoms with Gasteiger partial charge in [0.25, 0.3) is 0 Å². The van der Waals surface area contributed by atoms with Gasteiger partial charge in [0.15, 0.2) is 5.78 Å². The van der Waals surface area contributed by atoms with Gasteiger partial charge in [0.05, 0.1) is 6.54 Å². The van der Waals surface area contributed by atoms with Gasteiger partial charge in [-0.1, -0.05) is 60.7 Å². The number of hydrogen-bond donors (Lipinski definition) is 1. The van der Waals surface area contributed by atoms with Crippen LogP contribution in [-0.2, 0) is 17.6 Å². The normalized spacial score (nSPS) is 10.3. The molecular formula is C17H19NO. The Hall–Kier alpha value is -1.93. The summed E-state index contributed by atoms with van der Waals surface area (Å²) < 4.78 is 0. The fourth-order valence-corrected chi connectivity index (χ4v) is 1.99. The van der Waals surface area contributed by atoms with Crippen molar-refractivity contribution < 1.29 is 4.79 Å². The van der Waals surface area contributed by atoms with Crippen molar-refractivity contribution in [2.45, 2.75) is 12.8 Å². The van der Waals surface area contributed by atoms with Gasteiger partial charge in [-0.25, -0.2) is 0 Å². The van der Waals surface area contributed by atoms with Crippen molar-refractivity contribution in [1.82, 2.24) is 5.32 Å². The SMILES string of the molecule is O=C(CNCCc1ccccc1)Cc1ccccc1. The van der Waals surface area contributed by atoms with Gasteiger partial charge in [-0.15, -0.1) is 0 Å². The summed E-state index contributed by atoms with van der Waals surface area (Å²) in [7, 11) is 0. The van der Waals surface area contributed by atoms with Crippen LogP contribution in [-0.4, -0.2) is 18.9 Å². The summed E-state index contributed by atoms with van der Waals surface area (Å²) in [5.74, 6) is 0.235. The van der Waals surface area contributed by atoms with Crippen molar-refractivity contribution in [3.63, 3.8) is 0 Å². The molecule has 2 aromatic rings. The molecule has 0 aliphatic carbocycles. The zero-order valence-electron chi connectivity index (χ0n) is 11.0. The minimum atomic E-state index is 0.235. The van der Waals surface area contributed by atoms with E-state index >= 15 is 0 Å². The van der Waals surface area contributed by atoms with E-state index < -0.39 is 0 Å². The molecule has 19 heavy (non-hydrogen) atoms. The Labute approximate surface area is 114 Å². The van der Waals surface area contributed by atoms with Gasteiger partial charge in [-0.3, -0.25) is 4.79 Å². The molecule has 0 amide bonds. The van der Waals surface area contributed by atoms with Gasteiger partial charge < -0.3 is 5.32 Å². The van der Waals surface area contributed by atoms with Crippen LogP contribution in [0.4, 0.5) is 0 Å². The Kier molecular flexibility index (Phi) is 5.32. The first-order valence-electron chi connectivity index (χ1n) is 6.65. The van der Waals surface area contributed by atoms with Crippen LogP contribution in [0.1, 0.15) is 11.1 Å². The average Bonchev–Trinajstić information content (AvgIpc) is 2.46. The fraction of sp³-hybridized carbons (Fsp3) is 0.235. The molecule has 0 unspecified atom stereocenters. The predicted octanol–water partition coefficient (Wildman–Crippen LogP) is 2.63. The number of rotatable bonds is 7. The number of benzene rings is 2. The van der Waals surface area contributed by atoms with Crippen LogP contribution in [0.2, 0.25) is 0 Å². The highest BCUT2D eigenvalue weighted by molar-refractivity contribution is 5.82. The molecule has 0 heterocycles. The lowest BCUT2D eigenvalue weighted by Crippen LogP contribution is -2.26. The fourth-order valence-electron chi connectivity index (χ4n) is 1.99. The Morgan fingerprint density at radius 2 is 1.42 bits per heavy atom. The molecule has 98 valence electrons. The van der Waals surface area contributed by atoms with Gasteiger partial charge in [0.2, 0.25) is 0 Å². The summed E-state index contributed by atoms with van der Waals surface area (Å²) in [6.45, 7) is 1.28. The van der Waals surface area contributed by atoms with E-state index in [2.05, 4.69) is 17.4 Å². The molecule has 2 aromatic carbocycles. The first-order chi connectivity index (χ1) is 9.34. The average molecular weight is 253 g/mol. The number of nitrogens with one attached hydrogen (secondary N) is 1. The molecule has 2 heteroatoms. The summed E-state index contributed by atoms with van der Waals surface area (Å²) in [5.41, 5.74) is 2.38. The van der Waals surface area contributed by atoms with E-state index in [1.54, 1.807) is 0 Å². The maximum absolute atomic E-state index is 11.8. The minimum absolute atomic E-state index is 0.235. The third-order valence-electron chi connectivity index (χ3n) is 3.00. The van der Waals surface area contributed by atoms with E-state index in [1.807, 2.05) is 48.5 Å². The molecule has 1 N–H and O–H groups in total. The molecular weight excluding hydrogens is 234 g/mol. The topological polar surface area (TPSA) is 29.1 Å². The highest BCUT2D eigenvalue weighted by atomic mass is 16.1. The second kappa shape index (κ2) is 7.49. The first-order valence-corrected chi connectivity index (χ1v) is 6.65. The number of ketones is 1. The monoisotopic (exact) mass is 253 g/mol. The van der Waals surface area contributed by atoms with Crippen LogP contribution in [0, 0.1) is 0 Å². The Bertz CT molecular complexity index is 493. The third kappa shape index (κ3) is 5.06. The second-order valence-electron chi connectivity index (χ2n) is 4.61. The molecule has 0 bridgehead atoms. The zero-order chi connectivity index (χ0) is 13.3. The van der Waals surface area contributed by atoms with Crippen molar-refractivity contribution in [1.29, 1.82) is 0 Å². The van der Waals surface area contributed by atoms with Gasteiger partial charge >= 0.3 is 0 Å². The van der Waals surface area contributed by atoms with Gasteiger partial charge in [-0.05, 0) is 24.1 Å². The summed E-state index contributed by atoms with van der Waals surface area (Å²) in [4.78, 5) is 11.8. The van der Waals surface area contributed by atoms with Crippen LogP contribution in [0.25, 0.3) is 0 Å². The molecule has 0 atom stereocenters. The van der Waals surface area contributed by atoms with Crippen LogP contribution in [0.3, 0.4) is 0 Å². The largest absolute Gasteiger partial charge is 0.310 e. The molecule has 0 aromatic heterocycles. The lowest BCUT2D eigenvalue weighted by molar-refractivity contribution is -0.117. The van der Waals surface area contributed by atoms with Gasteiger partial charge in [-0.2, -0.15) is 0 Å². The summed E-state index contributed by atoms with van der Waals surface area (Å²) >= 11 is 0. The van der Waals surface area contributed by atoms with E-state index in [-0.39, 0.29) is 5.78 Å². The molecule has 0 spiro atoms. The number of carbonyl (C=O) groups is 1. The molecule has 0 aliphatic heterocycles. The maximum Gasteiger partial charge on any atom is 0.150 e. The van der Waals surface area contributed by atoms with Gasteiger partial charge in [0, 0.05) is 6.42 Å². The molecule has 0 aliphatic rings. The van der Waals surface area contributed by atoms with Crippen molar-refractivity contribution in [2.24, 2.45) is 0 Å². The molecule has 2 nitrogen and oxygen atoms in total. The lowest BCUT2D eigenvalue weighted by Gasteiger charge is -2.04. The minimum Gasteiger partial charge on any atom is -0.310 e. The number of hydrogen-bond acceptors (Lipinski definition) is 2. The molecule has 2 rings (SSSR count). The Morgan fingerprint density at radius 3 is 2.05 bits per heavy atom. The zero-order valence-corrected chi connectivity index (χ0v) is 11.0. The Balaban J connectivity index is 1.65. The van der Waals surface area contributed by atoms with Crippen molar-refractivity contribution in [3.8, 4) is 0 Å². The van der Waals surface area contributed by atoms with E-state index in [4.69, 9.17) is 0 Å². The quantitative estimate of drug-likeness (QED) is 0.769. The highest BCUT2D eigenvalue weighted by Crippen LogP contribution is 2.00. The van der Waals surface area contributed by atoms with Crippen LogP contribution < -0.4 is 5.32 Å². The maximum atomic E-state index is 11.8. The first kappa shape index (κ1) is 13.5. The van der Waals surface area contributed by atoms with Gasteiger partial charge in [0.1, 0.15) is 0 Å². The second-order valence-corrected chi connectivity index (χ2v) is 4.61. The van der Waals surface area contributed by atoms with Crippen molar-refractivity contribution in [2.75, 3.05) is 13.1 Å². The summed E-state index contributed by atoms with van der Waals surface area (Å²) in [6.07, 6.45) is 1.47. The molecule has 0 saturated heterocycles. The van der Waals surface area contributed by atoms with E-state index in [1.165, 1.54) is 5.56 Å². The van der Waals surface area contributed by atoms with E-state index in [0.717, 1.165) is 18.5 Å². The van der Waals surface area contributed by atoms with E-state index in [0.29, 0.717) is 13.0 Å². The van der Waals surface area contributed by atoms with Crippen molar-refractivity contribution in [3.05, 3.63) is 71.8 Å². The number of Topliss-reactive ketones (excluding diaryl/α,β-unsaturated/α-hetero) is 1. The molecule has 0 fully saturated rings. The lowest BCUT2D eigenvalue weighted by atomic mass is 10.1. The standard InChI is InChI=1S/C17H19NO/c19-17(13-16-9-5-2-6-10-16)14-18-12-11-15-7-3-1-4-8-15/h1-10,18H,11-14H2. The summed E-state index contributed by atoms with van der Waals surface area (Å²) in [6, 6.07) is 20.2. The van der Waals surface area contributed by atoms with Crippen LogP contribution in [0.5, 0.6) is 0 Å². The highest BCUT2D eigenvalue weighted by Gasteiger charge is 2.02. The molecule has 0 saturated carbocycles. The Morgan fingerprint density at radius 1 is 0.842 bits per heavy atom. The molecule has 0 radical (unpaired) electrons. The van der Waals surface area contributed by atoms with Crippen molar-refractivity contribution >= 4 is 5.78 Å². The summed E-state index contributed by atoms with van der Waals surface area (Å²) in [5, 5.41) is 3.20. The third-order valence-corrected chi connectivity index (χ3v) is 3.00. The van der Waals surface area contributed by atoms with E-state index in [9.17, 15) is 4.79 Å². The number of carbonyl (C=O) groups excluding carboxylic acids is 1.